The molecular weight excluding hydrogens is 234 g/mol. The molecule has 90 valence electrons. The fourth-order valence-corrected chi connectivity index (χ4v) is 1.62. The Morgan fingerprint density at radius 2 is 1.53 bits per heavy atom. The number of benzene rings is 2. The molecule has 2 rings (SSSR count). The van der Waals surface area contributed by atoms with E-state index in [1.54, 1.807) is 0 Å². The molecule has 2 N–H and O–H groups in total. The molecule has 0 saturated heterocycles. The van der Waals surface area contributed by atoms with E-state index in [1.165, 1.54) is 0 Å². The number of ether oxygens (including phenoxy) is 1. The quantitative estimate of drug-likeness (QED) is 0.904. The van der Waals surface area contributed by atoms with Crippen LogP contribution in [-0.2, 0) is 0 Å². The average Bonchev–Trinajstić information content (AvgIpc) is 2.38. The Bertz CT molecular complexity index is 445. The first-order valence-electron chi connectivity index (χ1n) is 5.39. The molecule has 0 atom stereocenters. The van der Waals surface area contributed by atoms with Gasteiger partial charge in [-0.05, 0) is 11.6 Å². The van der Waals surface area contributed by atoms with E-state index in [0.717, 1.165) is 16.9 Å². The zero-order valence-corrected chi connectivity index (χ0v) is 10.3. The Hall–Kier alpha value is -1.51. The van der Waals surface area contributed by atoms with Gasteiger partial charge in [0.2, 0.25) is 0 Å². The third-order valence-electron chi connectivity index (χ3n) is 2.35. The minimum absolute atomic E-state index is 0. The molecular formula is C14H16ClNO. The molecule has 2 aromatic carbocycles. The highest BCUT2D eigenvalue weighted by Crippen LogP contribution is 2.29. The highest BCUT2D eigenvalue weighted by molar-refractivity contribution is 5.85. The summed E-state index contributed by atoms with van der Waals surface area (Å²) in [5.74, 6) is 0.888. The van der Waals surface area contributed by atoms with Crippen molar-refractivity contribution in [2.45, 2.75) is 0 Å². The van der Waals surface area contributed by atoms with E-state index in [4.69, 9.17) is 10.5 Å². The summed E-state index contributed by atoms with van der Waals surface area (Å²) < 4.78 is 5.62. The average molecular weight is 250 g/mol. The maximum Gasteiger partial charge on any atom is 0.127 e. The van der Waals surface area contributed by atoms with E-state index < -0.39 is 0 Å². The van der Waals surface area contributed by atoms with E-state index in [0.29, 0.717) is 13.2 Å². The lowest BCUT2D eigenvalue weighted by atomic mass is 10.1. The second kappa shape index (κ2) is 6.94. The molecule has 2 aromatic rings. The molecule has 0 aromatic heterocycles. The molecule has 0 radical (unpaired) electrons. The summed E-state index contributed by atoms with van der Waals surface area (Å²) in [6.07, 6.45) is 0. The van der Waals surface area contributed by atoms with Gasteiger partial charge in [-0.3, -0.25) is 0 Å². The minimum Gasteiger partial charge on any atom is -0.492 e. The molecule has 0 bridgehead atoms. The summed E-state index contributed by atoms with van der Waals surface area (Å²) in [6.45, 7) is 1.08. The predicted octanol–water partition coefficient (Wildman–Crippen LogP) is 3.11. The molecule has 0 aliphatic carbocycles. The van der Waals surface area contributed by atoms with Crippen LogP contribution in [0.15, 0.2) is 54.6 Å². The summed E-state index contributed by atoms with van der Waals surface area (Å²) in [4.78, 5) is 0. The molecule has 0 fully saturated rings. The van der Waals surface area contributed by atoms with Gasteiger partial charge >= 0.3 is 0 Å². The minimum atomic E-state index is 0. The molecule has 0 aliphatic heterocycles. The third-order valence-corrected chi connectivity index (χ3v) is 2.35. The molecule has 2 nitrogen and oxygen atoms in total. The molecule has 0 aliphatic rings. The number of hydrogen-bond acceptors (Lipinski definition) is 2. The highest BCUT2D eigenvalue weighted by atomic mass is 35.5. The first-order chi connectivity index (χ1) is 7.92. The largest absolute Gasteiger partial charge is 0.492 e. The molecule has 0 unspecified atom stereocenters. The second-order valence-electron chi connectivity index (χ2n) is 3.50. The van der Waals surface area contributed by atoms with Crippen LogP contribution in [0.4, 0.5) is 0 Å². The van der Waals surface area contributed by atoms with E-state index in [2.05, 4.69) is 18.2 Å². The van der Waals surface area contributed by atoms with Crippen molar-refractivity contribution in [3.8, 4) is 16.9 Å². The van der Waals surface area contributed by atoms with Crippen molar-refractivity contribution in [2.24, 2.45) is 5.73 Å². The molecule has 3 heteroatoms. The Balaban J connectivity index is 0.00000144. The van der Waals surface area contributed by atoms with Crippen LogP contribution in [0.5, 0.6) is 5.75 Å². The number of halogens is 1. The number of nitrogens with two attached hydrogens (primary N) is 1. The summed E-state index contributed by atoms with van der Waals surface area (Å²) in [5.41, 5.74) is 7.71. The Morgan fingerprint density at radius 3 is 2.24 bits per heavy atom. The van der Waals surface area contributed by atoms with Crippen LogP contribution >= 0.6 is 12.4 Å². The highest BCUT2D eigenvalue weighted by Gasteiger charge is 2.03. The lowest BCUT2D eigenvalue weighted by Crippen LogP contribution is -2.10. The fraction of sp³-hybridized carbons (Fsp3) is 0.143. The topological polar surface area (TPSA) is 35.2 Å². The zero-order valence-electron chi connectivity index (χ0n) is 9.50. The van der Waals surface area contributed by atoms with Gasteiger partial charge < -0.3 is 10.5 Å². The lowest BCUT2D eigenvalue weighted by molar-refractivity contribution is 0.329. The first kappa shape index (κ1) is 13.6. The van der Waals surface area contributed by atoms with E-state index in [-0.39, 0.29) is 12.4 Å². The van der Waals surface area contributed by atoms with Crippen LogP contribution in [0, 0.1) is 0 Å². The standard InChI is InChI=1S/C14H15NO.ClH/c15-10-11-16-14-9-5-4-8-13(14)12-6-2-1-3-7-12;/h1-9H,10-11,15H2;1H. The molecule has 17 heavy (non-hydrogen) atoms. The smallest absolute Gasteiger partial charge is 0.127 e. The van der Waals surface area contributed by atoms with E-state index >= 15 is 0 Å². The Kier molecular flexibility index (Phi) is 5.53. The number of rotatable bonds is 4. The van der Waals surface area contributed by atoms with Gasteiger partial charge in [-0.25, -0.2) is 0 Å². The van der Waals surface area contributed by atoms with Crippen molar-refractivity contribution in [1.29, 1.82) is 0 Å². The van der Waals surface area contributed by atoms with Crippen LogP contribution in [0.25, 0.3) is 11.1 Å². The van der Waals surface area contributed by atoms with Crippen LogP contribution in [-0.4, -0.2) is 13.2 Å². The molecule has 0 spiro atoms. The van der Waals surface area contributed by atoms with Crippen LogP contribution in [0.1, 0.15) is 0 Å². The van der Waals surface area contributed by atoms with Crippen LogP contribution in [0.2, 0.25) is 0 Å². The van der Waals surface area contributed by atoms with E-state index in [9.17, 15) is 0 Å². The molecule has 0 saturated carbocycles. The van der Waals surface area contributed by atoms with Gasteiger partial charge in [0, 0.05) is 12.1 Å². The van der Waals surface area contributed by atoms with Gasteiger partial charge in [0.25, 0.3) is 0 Å². The van der Waals surface area contributed by atoms with Crippen molar-refractivity contribution < 1.29 is 4.74 Å². The van der Waals surface area contributed by atoms with Crippen molar-refractivity contribution in [3.05, 3.63) is 54.6 Å². The van der Waals surface area contributed by atoms with Crippen molar-refractivity contribution in [2.75, 3.05) is 13.2 Å². The summed E-state index contributed by atoms with van der Waals surface area (Å²) >= 11 is 0. The summed E-state index contributed by atoms with van der Waals surface area (Å²) in [7, 11) is 0. The van der Waals surface area contributed by atoms with Gasteiger partial charge in [0.1, 0.15) is 12.4 Å². The van der Waals surface area contributed by atoms with Crippen molar-refractivity contribution >= 4 is 12.4 Å². The maximum atomic E-state index is 5.62. The van der Waals surface area contributed by atoms with Gasteiger partial charge in [0.05, 0.1) is 0 Å². The van der Waals surface area contributed by atoms with Crippen LogP contribution in [0.3, 0.4) is 0 Å². The molecule has 0 amide bonds. The monoisotopic (exact) mass is 249 g/mol. The molecule has 0 heterocycles. The van der Waals surface area contributed by atoms with Crippen molar-refractivity contribution in [3.63, 3.8) is 0 Å². The second-order valence-corrected chi connectivity index (χ2v) is 3.50. The fourth-order valence-electron chi connectivity index (χ4n) is 1.62. The normalized spacial score (nSPS) is 9.47. The number of hydrogen-bond donors (Lipinski definition) is 1. The predicted molar refractivity (Wildman–Crippen MR) is 73.7 cm³/mol. The maximum absolute atomic E-state index is 5.62. The van der Waals surface area contributed by atoms with Crippen LogP contribution < -0.4 is 10.5 Å². The Labute approximate surface area is 108 Å². The Morgan fingerprint density at radius 1 is 0.882 bits per heavy atom. The lowest BCUT2D eigenvalue weighted by Gasteiger charge is -2.10. The van der Waals surface area contributed by atoms with E-state index in [1.807, 2.05) is 36.4 Å². The van der Waals surface area contributed by atoms with Gasteiger partial charge in [-0.15, -0.1) is 12.4 Å². The SMILES string of the molecule is Cl.NCCOc1ccccc1-c1ccccc1. The van der Waals surface area contributed by atoms with Crippen molar-refractivity contribution in [1.82, 2.24) is 0 Å². The first-order valence-corrected chi connectivity index (χ1v) is 5.39. The summed E-state index contributed by atoms with van der Waals surface area (Å²) in [5, 5.41) is 0. The third kappa shape index (κ3) is 3.48. The van der Waals surface area contributed by atoms with Gasteiger partial charge in [-0.1, -0.05) is 48.5 Å². The number of para-hydroxylation sites is 1. The van der Waals surface area contributed by atoms with Gasteiger partial charge in [0.15, 0.2) is 0 Å². The summed E-state index contributed by atoms with van der Waals surface area (Å²) in [6, 6.07) is 18.2. The zero-order chi connectivity index (χ0) is 11.2. The van der Waals surface area contributed by atoms with Gasteiger partial charge in [-0.2, -0.15) is 0 Å².